The van der Waals surface area contributed by atoms with Gasteiger partial charge in [0.1, 0.15) is 0 Å². The van der Waals surface area contributed by atoms with E-state index in [-0.39, 0.29) is 22.5 Å². The number of hydrogen-bond donors (Lipinski definition) is 0. The molecule has 0 spiro atoms. The summed E-state index contributed by atoms with van der Waals surface area (Å²) >= 11 is 0. The molecule has 0 N–H and O–H groups in total. The third-order valence-electron chi connectivity index (χ3n) is 4.58. The first-order valence-electron chi connectivity index (χ1n) is 9.61. The van der Waals surface area contributed by atoms with Crippen LogP contribution in [0.5, 0.6) is 0 Å². The fraction of sp³-hybridized carbons (Fsp3) is 0.409. The molecule has 0 aliphatic heterocycles. The van der Waals surface area contributed by atoms with Gasteiger partial charge < -0.3 is 9.13 Å². The van der Waals surface area contributed by atoms with Crippen LogP contribution in [0.1, 0.15) is 62.4 Å². The number of nitrogens with zero attached hydrogens (tertiary/aromatic N) is 2. The Kier molecular flexibility index (Phi) is 7.53. The fourth-order valence-electron chi connectivity index (χ4n) is 2.92. The standard InChI is InChI=1S/C22H28N2O3/c1-4-6-12-23-14-8-10-18(21(23)26)17(3)16-20(25)19-11-9-15-24(22(19)27)13-7-5-2/h8-11,14-16H,4-7,12-13H2,1-3H3/b17-16+. The first-order valence-corrected chi connectivity index (χ1v) is 9.61. The molecule has 0 saturated heterocycles. The monoisotopic (exact) mass is 368 g/mol. The Morgan fingerprint density at radius 2 is 1.37 bits per heavy atom. The van der Waals surface area contributed by atoms with Crippen LogP contribution in [0.3, 0.4) is 0 Å². The van der Waals surface area contributed by atoms with Gasteiger partial charge in [-0.05, 0) is 55.7 Å². The number of pyridine rings is 2. The zero-order valence-electron chi connectivity index (χ0n) is 16.4. The number of allylic oxidation sites excluding steroid dienone is 2. The van der Waals surface area contributed by atoms with Crippen molar-refractivity contribution in [1.29, 1.82) is 0 Å². The van der Waals surface area contributed by atoms with Crippen molar-refractivity contribution in [3.05, 3.63) is 74.6 Å². The molecule has 0 amide bonds. The van der Waals surface area contributed by atoms with Crippen LogP contribution < -0.4 is 11.1 Å². The summed E-state index contributed by atoms with van der Waals surface area (Å²) in [7, 11) is 0. The van der Waals surface area contributed by atoms with Gasteiger partial charge in [-0.1, -0.05) is 26.7 Å². The van der Waals surface area contributed by atoms with Crippen LogP contribution in [0, 0.1) is 0 Å². The Morgan fingerprint density at radius 1 is 0.889 bits per heavy atom. The fourth-order valence-corrected chi connectivity index (χ4v) is 2.92. The number of rotatable bonds is 9. The zero-order chi connectivity index (χ0) is 19.8. The van der Waals surface area contributed by atoms with E-state index < -0.39 is 0 Å². The molecular formula is C22H28N2O3. The maximum absolute atomic E-state index is 12.6. The lowest BCUT2D eigenvalue weighted by molar-refractivity contribution is 0.104. The Labute approximate surface area is 160 Å². The Bertz CT molecular complexity index is 935. The van der Waals surface area contributed by atoms with E-state index in [9.17, 15) is 14.4 Å². The van der Waals surface area contributed by atoms with Crippen molar-refractivity contribution in [2.24, 2.45) is 0 Å². The van der Waals surface area contributed by atoms with Crippen molar-refractivity contribution in [3.63, 3.8) is 0 Å². The van der Waals surface area contributed by atoms with Crippen LogP contribution in [-0.4, -0.2) is 14.9 Å². The molecule has 144 valence electrons. The molecule has 0 aromatic carbocycles. The first-order chi connectivity index (χ1) is 13.0. The molecule has 2 aromatic heterocycles. The van der Waals surface area contributed by atoms with Gasteiger partial charge in [-0.3, -0.25) is 14.4 Å². The maximum atomic E-state index is 12.6. The van der Waals surface area contributed by atoms with Gasteiger partial charge in [0.15, 0.2) is 5.78 Å². The molecule has 0 saturated carbocycles. The van der Waals surface area contributed by atoms with Gasteiger partial charge in [0.2, 0.25) is 0 Å². The molecule has 0 aliphatic rings. The summed E-state index contributed by atoms with van der Waals surface area (Å²) in [6.45, 7) is 7.12. The van der Waals surface area contributed by atoms with E-state index in [0.717, 1.165) is 25.7 Å². The third kappa shape index (κ3) is 5.16. The van der Waals surface area contributed by atoms with Gasteiger partial charge in [0.05, 0.1) is 5.56 Å². The highest BCUT2D eigenvalue weighted by Crippen LogP contribution is 2.11. The summed E-state index contributed by atoms with van der Waals surface area (Å²) in [6.07, 6.45) is 8.64. The molecule has 0 unspecified atom stereocenters. The smallest absolute Gasteiger partial charge is 0.261 e. The molecule has 0 radical (unpaired) electrons. The van der Waals surface area contributed by atoms with E-state index >= 15 is 0 Å². The predicted octanol–water partition coefficient (Wildman–Crippen LogP) is 3.90. The molecular weight excluding hydrogens is 340 g/mol. The van der Waals surface area contributed by atoms with Crippen molar-refractivity contribution in [2.45, 2.75) is 59.5 Å². The molecule has 2 rings (SSSR count). The molecule has 5 heteroatoms. The summed E-state index contributed by atoms with van der Waals surface area (Å²) < 4.78 is 3.24. The number of aryl methyl sites for hydroxylation is 2. The zero-order valence-corrected chi connectivity index (χ0v) is 16.4. The van der Waals surface area contributed by atoms with Crippen molar-refractivity contribution in [2.75, 3.05) is 0 Å². The highest BCUT2D eigenvalue weighted by molar-refractivity contribution is 6.08. The van der Waals surface area contributed by atoms with Crippen molar-refractivity contribution < 1.29 is 4.79 Å². The van der Waals surface area contributed by atoms with Crippen molar-refractivity contribution in [3.8, 4) is 0 Å². The minimum atomic E-state index is -0.369. The quantitative estimate of drug-likeness (QED) is 0.498. The summed E-state index contributed by atoms with van der Waals surface area (Å²) in [5, 5.41) is 0. The highest BCUT2D eigenvalue weighted by atomic mass is 16.1. The maximum Gasteiger partial charge on any atom is 0.261 e. The molecule has 2 heterocycles. The summed E-state index contributed by atoms with van der Waals surface area (Å²) in [5.41, 5.74) is 0.799. The van der Waals surface area contributed by atoms with Crippen molar-refractivity contribution >= 4 is 11.4 Å². The number of carbonyl (C=O) groups is 1. The SMILES string of the molecule is CCCCn1cccc(C(=O)/C=C(\C)c2cccn(CCCC)c2=O)c1=O. The molecule has 0 bridgehead atoms. The van der Waals surface area contributed by atoms with Gasteiger partial charge in [0, 0.05) is 31.0 Å². The van der Waals surface area contributed by atoms with E-state index in [1.807, 2.05) is 6.07 Å². The Morgan fingerprint density at radius 3 is 1.89 bits per heavy atom. The van der Waals surface area contributed by atoms with E-state index in [0.29, 0.717) is 24.2 Å². The minimum Gasteiger partial charge on any atom is -0.315 e. The third-order valence-corrected chi connectivity index (χ3v) is 4.58. The topological polar surface area (TPSA) is 61.1 Å². The van der Waals surface area contributed by atoms with E-state index in [1.165, 1.54) is 6.08 Å². The van der Waals surface area contributed by atoms with E-state index in [4.69, 9.17) is 0 Å². The Balaban J connectivity index is 2.33. The molecule has 5 nitrogen and oxygen atoms in total. The van der Waals surface area contributed by atoms with Crippen LogP contribution in [0.15, 0.2) is 52.3 Å². The van der Waals surface area contributed by atoms with E-state index in [2.05, 4.69) is 13.8 Å². The summed E-state index contributed by atoms with van der Waals surface area (Å²) in [6, 6.07) is 6.79. The second-order valence-electron chi connectivity index (χ2n) is 6.74. The second-order valence-corrected chi connectivity index (χ2v) is 6.74. The lowest BCUT2D eigenvalue weighted by Gasteiger charge is -2.08. The lowest BCUT2D eigenvalue weighted by atomic mass is 10.0. The summed E-state index contributed by atoms with van der Waals surface area (Å²) in [5.74, 6) is -0.369. The molecule has 27 heavy (non-hydrogen) atoms. The molecule has 0 atom stereocenters. The Hall–Kier alpha value is -2.69. The lowest BCUT2D eigenvalue weighted by Crippen LogP contribution is -2.25. The average molecular weight is 368 g/mol. The minimum absolute atomic E-state index is 0.110. The van der Waals surface area contributed by atoms with Gasteiger partial charge in [-0.15, -0.1) is 0 Å². The number of unbranched alkanes of at least 4 members (excludes halogenated alkanes) is 2. The predicted molar refractivity (Wildman–Crippen MR) is 109 cm³/mol. The molecule has 0 fully saturated rings. The number of hydrogen-bond acceptors (Lipinski definition) is 3. The van der Waals surface area contributed by atoms with Gasteiger partial charge in [-0.2, -0.15) is 0 Å². The van der Waals surface area contributed by atoms with Gasteiger partial charge in [0.25, 0.3) is 11.1 Å². The highest BCUT2D eigenvalue weighted by Gasteiger charge is 2.12. The van der Waals surface area contributed by atoms with Gasteiger partial charge in [-0.25, -0.2) is 0 Å². The van der Waals surface area contributed by atoms with Crippen LogP contribution in [0.4, 0.5) is 0 Å². The van der Waals surface area contributed by atoms with Crippen LogP contribution in [0.25, 0.3) is 5.57 Å². The van der Waals surface area contributed by atoms with Crippen molar-refractivity contribution in [1.82, 2.24) is 9.13 Å². The molecule has 0 aliphatic carbocycles. The van der Waals surface area contributed by atoms with Crippen LogP contribution in [-0.2, 0) is 13.1 Å². The normalized spacial score (nSPS) is 11.6. The van der Waals surface area contributed by atoms with E-state index in [1.54, 1.807) is 46.7 Å². The first kappa shape index (κ1) is 20.6. The number of ketones is 1. The summed E-state index contributed by atoms with van der Waals surface area (Å²) in [4.78, 5) is 37.8. The molecule has 2 aromatic rings. The number of aromatic nitrogens is 2. The van der Waals surface area contributed by atoms with Crippen LogP contribution in [0.2, 0.25) is 0 Å². The largest absolute Gasteiger partial charge is 0.315 e. The second kappa shape index (κ2) is 9.86. The van der Waals surface area contributed by atoms with Crippen LogP contribution >= 0.6 is 0 Å². The van der Waals surface area contributed by atoms with Gasteiger partial charge >= 0.3 is 0 Å². The average Bonchev–Trinajstić information content (AvgIpc) is 2.66. The number of carbonyl (C=O) groups excluding carboxylic acids is 1.